The molecule has 0 spiro atoms. The van der Waals surface area contributed by atoms with Crippen LogP contribution in [0.2, 0.25) is 0 Å². The summed E-state index contributed by atoms with van der Waals surface area (Å²) < 4.78 is 14.2. The lowest BCUT2D eigenvalue weighted by atomic mass is 9.91. The Hall–Kier alpha value is -2.94. The van der Waals surface area contributed by atoms with Gasteiger partial charge in [-0.15, -0.1) is 0 Å². The number of rotatable bonds is 2. The second kappa shape index (κ2) is 5.60. The fourth-order valence-corrected chi connectivity index (χ4v) is 3.32. The first kappa shape index (κ1) is 14.6. The average molecular weight is 317 g/mol. The van der Waals surface area contributed by atoms with Gasteiger partial charge in [0, 0.05) is 17.7 Å². The normalized spacial score (nSPS) is 12.8. The number of carbonyl (C=O) groups is 1. The van der Waals surface area contributed by atoms with Gasteiger partial charge in [0.05, 0.1) is 0 Å². The van der Waals surface area contributed by atoms with Crippen LogP contribution in [0.1, 0.15) is 21.5 Å². The van der Waals surface area contributed by atoms with Crippen LogP contribution in [0, 0.1) is 12.7 Å². The molecule has 1 aliphatic rings. The van der Waals surface area contributed by atoms with Crippen LogP contribution in [0.5, 0.6) is 0 Å². The van der Waals surface area contributed by atoms with Crippen molar-refractivity contribution in [2.75, 3.05) is 0 Å². The lowest BCUT2D eigenvalue weighted by Gasteiger charge is -2.13. The molecule has 3 aromatic carbocycles. The van der Waals surface area contributed by atoms with E-state index < -0.39 is 0 Å². The molecule has 1 N–H and O–H groups in total. The smallest absolute Gasteiger partial charge is 0.251 e. The molecular formula is C21H16FNO. The molecule has 0 unspecified atom stereocenters. The SMILES string of the molecule is Cc1c(-c2ccc3c(c2)CNC3=O)cccc1-c1ccccc1F. The van der Waals surface area contributed by atoms with Gasteiger partial charge in [-0.3, -0.25) is 4.79 Å². The van der Waals surface area contributed by atoms with Gasteiger partial charge in [0.1, 0.15) is 5.82 Å². The summed E-state index contributed by atoms with van der Waals surface area (Å²) in [7, 11) is 0. The van der Waals surface area contributed by atoms with Gasteiger partial charge < -0.3 is 5.32 Å². The Labute approximate surface area is 140 Å². The van der Waals surface area contributed by atoms with E-state index >= 15 is 0 Å². The van der Waals surface area contributed by atoms with Crippen molar-refractivity contribution in [1.82, 2.24) is 5.32 Å². The average Bonchev–Trinajstić information content (AvgIpc) is 2.96. The van der Waals surface area contributed by atoms with Gasteiger partial charge in [0.2, 0.25) is 0 Å². The summed E-state index contributed by atoms with van der Waals surface area (Å²) >= 11 is 0. The van der Waals surface area contributed by atoms with Crippen LogP contribution in [0.4, 0.5) is 4.39 Å². The Morgan fingerprint density at radius 1 is 0.875 bits per heavy atom. The number of fused-ring (bicyclic) bond motifs is 1. The second-order valence-electron chi connectivity index (χ2n) is 6.01. The molecule has 0 bridgehead atoms. The second-order valence-corrected chi connectivity index (χ2v) is 6.01. The van der Waals surface area contributed by atoms with Gasteiger partial charge in [-0.1, -0.05) is 42.5 Å². The zero-order valence-corrected chi connectivity index (χ0v) is 13.3. The van der Waals surface area contributed by atoms with Gasteiger partial charge in [-0.2, -0.15) is 0 Å². The molecule has 0 saturated carbocycles. The van der Waals surface area contributed by atoms with Crippen LogP contribution in [0.15, 0.2) is 60.7 Å². The number of benzene rings is 3. The van der Waals surface area contributed by atoms with E-state index in [1.807, 2.05) is 49.4 Å². The van der Waals surface area contributed by atoms with E-state index in [1.54, 1.807) is 12.1 Å². The van der Waals surface area contributed by atoms with E-state index in [9.17, 15) is 9.18 Å². The zero-order valence-electron chi connectivity index (χ0n) is 13.3. The maximum absolute atomic E-state index is 14.2. The van der Waals surface area contributed by atoms with Crippen molar-refractivity contribution in [1.29, 1.82) is 0 Å². The van der Waals surface area contributed by atoms with E-state index in [0.717, 1.165) is 33.4 Å². The largest absolute Gasteiger partial charge is 0.348 e. The molecule has 0 atom stereocenters. The van der Waals surface area contributed by atoms with Crippen LogP contribution in [-0.2, 0) is 6.54 Å². The molecule has 1 heterocycles. The van der Waals surface area contributed by atoms with Crippen molar-refractivity contribution in [2.45, 2.75) is 13.5 Å². The highest BCUT2D eigenvalue weighted by Crippen LogP contribution is 2.34. The van der Waals surface area contributed by atoms with Gasteiger partial charge in [0.25, 0.3) is 5.91 Å². The molecule has 24 heavy (non-hydrogen) atoms. The summed E-state index contributed by atoms with van der Waals surface area (Å²) in [4.78, 5) is 11.7. The van der Waals surface area contributed by atoms with Crippen molar-refractivity contribution in [3.8, 4) is 22.3 Å². The molecule has 0 saturated heterocycles. The third kappa shape index (κ3) is 2.29. The minimum Gasteiger partial charge on any atom is -0.348 e. The monoisotopic (exact) mass is 317 g/mol. The van der Waals surface area contributed by atoms with E-state index in [-0.39, 0.29) is 11.7 Å². The topological polar surface area (TPSA) is 29.1 Å². The molecule has 0 aromatic heterocycles. The number of amides is 1. The highest BCUT2D eigenvalue weighted by Gasteiger charge is 2.19. The Balaban J connectivity index is 1.85. The molecule has 3 aromatic rings. The molecule has 0 radical (unpaired) electrons. The number of hydrogen-bond acceptors (Lipinski definition) is 1. The van der Waals surface area contributed by atoms with E-state index in [4.69, 9.17) is 0 Å². The third-order valence-corrected chi connectivity index (χ3v) is 4.60. The molecule has 0 aliphatic carbocycles. The zero-order chi connectivity index (χ0) is 16.7. The predicted octanol–water partition coefficient (Wildman–Crippen LogP) is 4.71. The maximum atomic E-state index is 14.2. The minimum atomic E-state index is -0.221. The molecular weight excluding hydrogens is 301 g/mol. The predicted molar refractivity (Wildman–Crippen MR) is 93.2 cm³/mol. The van der Waals surface area contributed by atoms with Crippen molar-refractivity contribution in [3.05, 3.63) is 83.2 Å². The first-order valence-electron chi connectivity index (χ1n) is 7.91. The number of carbonyl (C=O) groups excluding carboxylic acids is 1. The number of hydrogen-bond donors (Lipinski definition) is 1. The molecule has 0 fully saturated rings. The third-order valence-electron chi connectivity index (χ3n) is 4.60. The van der Waals surface area contributed by atoms with Crippen molar-refractivity contribution in [3.63, 3.8) is 0 Å². The minimum absolute atomic E-state index is 0.0200. The molecule has 3 heteroatoms. The Kier molecular flexibility index (Phi) is 3.42. The summed E-state index contributed by atoms with van der Waals surface area (Å²) in [5.74, 6) is -0.241. The van der Waals surface area contributed by atoms with Crippen LogP contribution < -0.4 is 5.32 Å². The van der Waals surface area contributed by atoms with E-state index in [2.05, 4.69) is 5.32 Å². The fourth-order valence-electron chi connectivity index (χ4n) is 3.32. The highest BCUT2D eigenvalue weighted by atomic mass is 19.1. The quantitative estimate of drug-likeness (QED) is 0.728. The molecule has 4 rings (SSSR count). The fraction of sp³-hybridized carbons (Fsp3) is 0.0952. The lowest BCUT2D eigenvalue weighted by Crippen LogP contribution is -2.12. The van der Waals surface area contributed by atoms with Crippen molar-refractivity contribution < 1.29 is 9.18 Å². The summed E-state index contributed by atoms with van der Waals surface area (Å²) in [5.41, 5.74) is 6.36. The van der Waals surface area contributed by atoms with Gasteiger partial charge in [-0.25, -0.2) is 4.39 Å². The van der Waals surface area contributed by atoms with Crippen molar-refractivity contribution in [2.24, 2.45) is 0 Å². The first-order chi connectivity index (χ1) is 11.6. The summed E-state index contributed by atoms with van der Waals surface area (Å²) in [6.07, 6.45) is 0. The first-order valence-corrected chi connectivity index (χ1v) is 7.91. The van der Waals surface area contributed by atoms with Crippen LogP contribution in [0.25, 0.3) is 22.3 Å². The highest BCUT2D eigenvalue weighted by molar-refractivity contribution is 5.99. The standard InChI is InChI=1S/C21H16FNO/c1-13-16(14-9-10-18-15(11-14)12-23-21(18)24)6-4-7-17(13)19-5-2-3-8-20(19)22/h2-11H,12H2,1H3,(H,23,24). The Bertz CT molecular complexity index is 962. The summed E-state index contributed by atoms with van der Waals surface area (Å²) in [6, 6.07) is 18.6. The summed E-state index contributed by atoms with van der Waals surface area (Å²) in [5, 5.41) is 2.83. The van der Waals surface area contributed by atoms with E-state index in [0.29, 0.717) is 12.1 Å². The number of nitrogens with one attached hydrogen (secondary N) is 1. The van der Waals surface area contributed by atoms with Gasteiger partial charge >= 0.3 is 0 Å². The van der Waals surface area contributed by atoms with Crippen LogP contribution >= 0.6 is 0 Å². The molecule has 2 nitrogen and oxygen atoms in total. The molecule has 118 valence electrons. The molecule has 1 aliphatic heterocycles. The Morgan fingerprint density at radius 3 is 2.46 bits per heavy atom. The van der Waals surface area contributed by atoms with Crippen molar-refractivity contribution >= 4 is 5.91 Å². The summed E-state index contributed by atoms with van der Waals surface area (Å²) in [6.45, 7) is 2.57. The van der Waals surface area contributed by atoms with Crippen LogP contribution in [-0.4, -0.2) is 5.91 Å². The van der Waals surface area contributed by atoms with E-state index in [1.165, 1.54) is 6.07 Å². The Morgan fingerprint density at radius 2 is 1.62 bits per heavy atom. The maximum Gasteiger partial charge on any atom is 0.251 e. The van der Waals surface area contributed by atoms with Gasteiger partial charge in [-0.05, 0) is 52.9 Å². The number of halogens is 1. The molecule has 1 amide bonds. The van der Waals surface area contributed by atoms with Crippen LogP contribution in [0.3, 0.4) is 0 Å². The van der Waals surface area contributed by atoms with Gasteiger partial charge in [0.15, 0.2) is 0 Å². The lowest BCUT2D eigenvalue weighted by molar-refractivity contribution is 0.0966.